The highest BCUT2D eigenvalue weighted by atomic mass is 16.8. The molecule has 1 fully saturated rings. The summed E-state index contributed by atoms with van der Waals surface area (Å²) >= 11 is 0. The second kappa shape index (κ2) is 11.6. The van der Waals surface area contributed by atoms with Gasteiger partial charge in [0, 0.05) is 17.1 Å². The molecule has 1 aromatic carbocycles. The van der Waals surface area contributed by atoms with Crippen LogP contribution in [0.3, 0.4) is 0 Å². The van der Waals surface area contributed by atoms with Gasteiger partial charge in [-0.25, -0.2) is 0 Å². The van der Waals surface area contributed by atoms with Crippen molar-refractivity contribution in [3.05, 3.63) is 71.0 Å². The number of hydrogen-bond acceptors (Lipinski definition) is 2. The van der Waals surface area contributed by atoms with Crippen LogP contribution in [0.4, 0.5) is 0 Å². The molecule has 3 rings (SSSR count). The van der Waals surface area contributed by atoms with Crippen LogP contribution in [0.2, 0.25) is 0 Å². The number of fused-ring (bicyclic) bond motifs is 1. The van der Waals surface area contributed by atoms with Gasteiger partial charge in [-0.2, -0.15) is 0 Å². The number of nitrogens with one attached hydrogen (secondary N) is 1. The molecule has 1 aromatic heterocycles. The summed E-state index contributed by atoms with van der Waals surface area (Å²) in [5.74, 6) is -0.505. The van der Waals surface area contributed by atoms with Gasteiger partial charge in [0.05, 0.1) is 11.7 Å². The summed E-state index contributed by atoms with van der Waals surface area (Å²) < 4.78 is 12.7. The molecule has 34 heavy (non-hydrogen) atoms. The fourth-order valence-corrected chi connectivity index (χ4v) is 5.04. The fourth-order valence-electron chi connectivity index (χ4n) is 5.04. The van der Waals surface area contributed by atoms with Gasteiger partial charge in [0.25, 0.3) is 0 Å². The number of hydrogen-bond donors (Lipinski definition) is 1. The maximum atomic E-state index is 6.38. The van der Waals surface area contributed by atoms with E-state index in [9.17, 15) is 0 Å². The number of H-pyrrole nitrogens is 1. The molecule has 1 aliphatic rings. The highest BCUT2D eigenvalue weighted by Gasteiger charge is 2.49. The molecule has 2 atom stereocenters. The van der Waals surface area contributed by atoms with Crippen LogP contribution in [0.5, 0.6) is 0 Å². The van der Waals surface area contributed by atoms with E-state index in [1.165, 1.54) is 33.2 Å². The molecule has 2 heterocycles. The van der Waals surface area contributed by atoms with Crippen LogP contribution in [0.25, 0.3) is 10.9 Å². The van der Waals surface area contributed by atoms with E-state index >= 15 is 0 Å². The van der Waals surface area contributed by atoms with E-state index in [4.69, 9.17) is 9.47 Å². The van der Waals surface area contributed by atoms with Gasteiger partial charge < -0.3 is 14.5 Å². The highest BCUT2D eigenvalue weighted by molar-refractivity contribution is 5.83. The van der Waals surface area contributed by atoms with E-state index in [2.05, 4.69) is 88.3 Å². The molecule has 186 valence electrons. The predicted octanol–water partition coefficient (Wildman–Crippen LogP) is 8.82. The third-order valence-electron chi connectivity index (χ3n) is 6.96. The van der Waals surface area contributed by atoms with Gasteiger partial charge in [-0.3, -0.25) is 0 Å². The number of benzene rings is 1. The maximum Gasteiger partial charge on any atom is 0.164 e. The molecule has 0 saturated carbocycles. The standard InChI is InChI=1S/C31H45NO2/c1-23(2)12-11-21-31(7)29(33-30(5,6)34-31)20-18-25(4)14-10-13-24(3)17-19-26-22-32-28-16-9-8-15-27(26)28/h8-9,12,14-17,22,29,32H,10-11,13,18-21H2,1-7H3/b24-17+,25-14+/t29-,31+/m1/s1. The summed E-state index contributed by atoms with van der Waals surface area (Å²) in [4.78, 5) is 3.37. The zero-order chi connectivity index (χ0) is 24.8. The van der Waals surface area contributed by atoms with E-state index in [-0.39, 0.29) is 11.7 Å². The molecule has 0 amide bonds. The van der Waals surface area contributed by atoms with Gasteiger partial charge in [0.2, 0.25) is 0 Å². The molecule has 0 radical (unpaired) electrons. The van der Waals surface area contributed by atoms with E-state index in [1.54, 1.807) is 0 Å². The summed E-state index contributed by atoms with van der Waals surface area (Å²) in [5, 5.41) is 1.33. The largest absolute Gasteiger partial charge is 0.361 e. The molecule has 0 bridgehead atoms. The summed E-state index contributed by atoms with van der Waals surface area (Å²) in [6.07, 6.45) is 16.6. The molecular formula is C31H45NO2. The fraction of sp³-hybridized carbons (Fsp3) is 0.548. The highest BCUT2D eigenvalue weighted by Crippen LogP contribution is 2.41. The van der Waals surface area contributed by atoms with Crippen molar-refractivity contribution in [3.63, 3.8) is 0 Å². The Balaban J connectivity index is 1.47. The monoisotopic (exact) mass is 463 g/mol. The van der Waals surface area contributed by atoms with Crippen molar-refractivity contribution >= 4 is 10.9 Å². The van der Waals surface area contributed by atoms with Crippen LogP contribution >= 0.6 is 0 Å². The molecule has 0 aliphatic carbocycles. The van der Waals surface area contributed by atoms with Gasteiger partial charge in [0.1, 0.15) is 0 Å². The van der Waals surface area contributed by atoms with E-state index in [0.717, 1.165) is 44.9 Å². The average molecular weight is 464 g/mol. The first-order valence-corrected chi connectivity index (χ1v) is 13.0. The lowest BCUT2D eigenvalue weighted by atomic mass is 9.89. The summed E-state index contributed by atoms with van der Waals surface area (Å²) in [6.45, 7) is 15.1. The predicted molar refractivity (Wildman–Crippen MR) is 145 cm³/mol. The van der Waals surface area contributed by atoms with Gasteiger partial charge in [-0.15, -0.1) is 0 Å². The lowest BCUT2D eigenvalue weighted by Crippen LogP contribution is -2.36. The minimum Gasteiger partial charge on any atom is -0.361 e. The van der Waals surface area contributed by atoms with Gasteiger partial charge in [0.15, 0.2) is 5.79 Å². The molecular weight excluding hydrogens is 418 g/mol. The Bertz CT molecular complexity index is 1030. The molecule has 1 saturated heterocycles. The van der Waals surface area contributed by atoms with Gasteiger partial charge in [-0.05, 0) is 105 Å². The van der Waals surface area contributed by atoms with Crippen molar-refractivity contribution in [3.8, 4) is 0 Å². The Hall–Kier alpha value is -2.10. The molecule has 3 nitrogen and oxygen atoms in total. The average Bonchev–Trinajstić information content (AvgIpc) is 3.27. The van der Waals surface area contributed by atoms with E-state index < -0.39 is 5.79 Å². The van der Waals surface area contributed by atoms with Crippen molar-refractivity contribution in [1.29, 1.82) is 0 Å². The Labute approximate surface area is 207 Å². The van der Waals surface area contributed by atoms with Crippen LogP contribution in [0.15, 0.2) is 65.4 Å². The van der Waals surface area contributed by atoms with Crippen molar-refractivity contribution in [2.24, 2.45) is 0 Å². The van der Waals surface area contributed by atoms with Crippen LogP contribution in [0.1, 0.15) is 92.6 Å². The lowest BCUT2D eigenvalue weighted by molar-refractivity contribution is -0.161. The summed E-state index contributed by atoms with van der Waals surface area (Å²) in [6, 6.07) is 8.52. The van der Waals surface area contributed by atoms with Crippen molar-refractivity contribution in [2.45, 2.75) is 111 Å². The summed E-state index contributed by atoms with van der Waals surface area (Å²) in [7, 11) is 0. The molecule has 1 N–H and O–H groups in total. The third-order valence-corrected chi connectivity index (χ3v) is 6.96. The zero-order valence-electron chi connectivity index (χ0n) is 22.5. The van der Waals surface area contributed by atoms with Crippen LogP contribution in [-0.2, 0) is 15.9 Å². The Kier molecular flexibility index (Phi) is 9.01. The topological polar surface area (TPSA) is 34.2 Å². The first-order chi connectivity index (χ1) is 16.1. The Morgan fingerprint density at radius 3 is 2.44 bits per heavy atom. The van der Waals surface area contributed by atoms with Crippen LogP contribution < -0.4 is 0 Å². The number of allylic oxidation sites excluding steroid dienone is 6. The minimum absolute atomic E-state index is 0.134. The van der Waals surface area contributed by atoms with E-state index in [1.807, 2.05) is 13.8 Å². The zero-order valence-corrected chi connectivity index (χ0v) is 22.5. The Morgan fingerprint density at radius 1 is 0.941 bits per heavy atom. The number of rotatable bonds is 11. The number of para-hydroxylation sites is 1. The second-order valence-corrected chi connectivity index (χ2v) is 11.0. The first kappa shape index (κ1) is 26.5. The smallest absolute Gasteiger partial charge is 0.164 e. The maximum absolute atomic E-state index is 6.38. The number of ether oxygens (including phenoxy) is 2. The van der Waals surface area contributed by atoms with E-state index in [0.29, 0.717) is 0 Å². The van der Waals surface area contributed by atoms with Crippen LogP contribution in [-0.4, -0.2) is 22.5 Å². The second-order valence-electron chi connectivity index (χ2n) is 11.0. The van der Waals surface area contributed by atoms with Gasteiger partial charge in [-0.1, -0.05) is 53.1 Å². The number of aromatic nitrogens is 1. The quantitative estimate of drug-likeness (QED) is 0.338. The third kappa shape index (κ3) is 7.45. The molecule has 0 spiro atoms. The normalized spacial score (nSPS) is 23.0. The summed E-state index contributed by atoms with van der Waals surface area (Å²) in [5.41, 5.74) is 6.63. The Morgan fingerprint density at radius 2 is 1.68 bits per heavy atom. The lowest BCUT2D eigenvalue weighted by Gasteiger charge is -2.29. The van der Waals surface area contributed by atoms with Crippen molar-refractivity contribution in [1.82, 2.24) is 4.98 Å². The molecule has 0 unspecified atom stereocenters. The van der Waals surface area contributed by atoms with Crippen molar-refractivity contribution in [2.75, 3.05) is 0 Å². The molecule has 2 aromatic rings. The van der Waals surface area contributed by atoms with Crippen LogP contribution in [0, 0.1) is 0 Å². The number of aromatic amines is 1. The van der Waals surface area contributed by atoms with Crippen molar-refractivity contribution < 1.29 is 9.47 Å². The minimum atomic E-state index is -0.505. The molecule has 3 heteroatoms. The SMILES string of the molecule is CC(C)=CCC[C@]1(C)OC(C)(C)O[C@@H]1CC/C(C)=C/CC/C(C)=C/Cc1c[nH]c2ccccc12. The molecule has 1 aliphatic heterocycles. The first-order valence-electron chi connectivity index (χ1n) is 13.0. The van der Waals surface area contributed by atoms with Gasteiger partial charge >= 0.3 is 0 Å².